The number of ether oxygens (including phenoxy) is 3. The lowest BCUT2D eigenvalue weighted by molar-refractivity contribution is -0.155. The number of hydrogen-bond donors (Lipinski definition) is 2. The van der Waals surface area contributed by atoms with E-state index in [4.69, 9.17) is 14.2 Å². The second-order valence-electron chi connectivity index (χ2n) is 9.16. The molecule has 2 rings (SSSR count). The quantitative estimate of drug-likeness (QED) is 0.747. The molecule has 0 saturated carbocycles. The van der Waals surface area contributed by atoms with E-state index in [1.807, 2.05) is 0 Å². The summed E-state index contributed by atoms with van der Waals surface area (Å²) >= 11 is 0. The van der Waals surface area contributed by atoms with E-state index >= 15 is 0 Å². The Labute approximate surface area is 159 Å². The number of amides is 2. The topological polar surface area (TPSA) is 114 Å². The van der Waals surface area contributed by atoms with Gasteiger partial charge in [0.15, 0.2) is 0 Å². The minimum absolute atomic E-state index is 0.0112. The van der Waals surface area contributed by atoms with E-state index in [1.165, 1.54) is 0 Å². The summed E-state index contributed by atoms with van der Waals surface area (Å²) in [5, 5.41) is 12.4. The molecule has 9 heteroatoms. The van der Waals surface area contributed by atoms with Crippen LogP contribution in [-0.4, -0.2) is 70.2 Å². The molecule has 2 bridgehead atoms. The van der Waals surface area contributed by atoms with Crippen molar-refractivity contribution >= 4 is 18.2 Å². The number of rotatable bonds is 2. The maximum absolute atomic E-state index is 12.6. The predicted molar refractivity (Wildman–Crippen MR) is 95.4 cm³/mol. The van der Waals surface area contributed by atoms with Crippen LogP contribution < -0.4 is 5.32 Å². The van der Waals surface area contributed by atoms with E-state index in [2.05, 4.69) is 5.32 Å². The first-order valence-electron chi connectivity index (χ1n) is 9.06. The van der Waals surface area contributed by atoms with Gasteiger partial charge in [0.25, 0.3) is 0 Å². The first-order valence-corrected chi connectivity index (χ1v) is 9.06. The molecule has 2 amide bonds. The number of carboxylic acids is 1. The van der Waals surface area contributed by atoms with Crippen molar-refractivity contribution in [3.8, 4) is 0 Å². The molecular weight excluding hydrogens is 356 g/mol. The van der Waals surface area contributed by atoms with Crippen molar-refractivity contribution in [1.82, 2.24) is 10.2 Å². The van der Waals surface area contributed by atoms with Gasteiger partial charge in [-0.1, -0.05) is 0 Å². The Morgan fingerprint density at radius 1 is 1.00 bits per heavy atom. The molecule has 2 fully saturated rings. The van der Waals surface area contributed by atoms with Crippen molar-refractivity contribution in [1.29, 1.82) is 0 Å². The van der Waals surface area contributed by atoms with Crippen molar-refractivity contribution in [2.75, 3.05) is 13.2 Å². The van der Waals surface area contributed by atoms with Gasteiger partial charge in [-0.05, 0) is 41.5 Å². The molecule has 0 radical (unpaired) electrons. The monoisotopic (exact) mass is 386 g/mol. The summed E-state index contributed by atoms with van der Waals surface area (Å²) in [6.07, 6.45) is -1.28. The van der Waals surface area contributed by atoms with Gasteiger partial charge in [-0.2, -0.15) is 0 Å². The Bertz CT molecular complexity index is 592. The van der Waals surface area contributed by atoms with E-state index < -0.39 is 47.0 Å². The molecule has 0 aromatic rings. The molecule has 0 aliphatic carbocycles. The number of nitrogens with one attached hydrogen (secondary N) is 1. The molecule has 0 spiro atoms. The van der Waals surface area contributed by atoms with Crippen molar-refractivity contribution in [2.45, 2.75) is 83.2 Å². The summed E-state index contributed by atoms with van der Waals surface area (Å²) in [5.74, 6) is -1.16. The normalized spacial score (nSPS) is 28.3. The Kier molecular flexibility index (Phi) is 5.66. The number of carbonyl (C=O) groups excluding carboxylic acids is 2. The average Bonchev–Trinajstić information content (AvgIpc) is 2.41. The van der Waals surface area contributed by atoms with Gasteiger partial charge in [0.2, 0.25) is 0 Å². The van der Waals surface area contributed by atoms with E-state index in [0.29, 0.717) is 0 Å². The third-order valence-corrected chi connectivity index (χ3v) is 4.33. The molecule has 2 heterocycles. The smallest absolute Gasteiger partial charge is 0.410 e. The number of carboxylic acid groups (broad SMARTS) is 1. The highest BCUT2D eigenvalue weighted by atomic mass is 16.6. The van der Waals surface area contributed by atoms with Crippen LogP contribution in [0.1, 0.15) is 54.4 Å². The molecular formula is C18H30N2O7. The molecule has 2 aliphatic heterocycles. The number of fused-ring (bicyclic) bond motifs is 2. The molecule has 0 aromatic heterocycles. The molecule has 154 valence electrons. The van der Waals surface area contributed by atoms with Crippen molar-refractivity contribution in [3.05, 3.63) is 0 Å². The highest BCUT2D eigenvalue weighted by Gasteiger charge is 2.54. The van der Waals surface area contributed by atoms with Gasteiger partial charge >= 0.3 is 18.2 Å². The maximum Gasteiger partial charge on any atom is 0.410 e. The number of aliphatic carboxylic acids is 1. The zero-order chi connectivity index (χ0) is 20.6. The largest absolute Gasteiger partial charge is 0.480 e. The van der Waals surface area contributed by atoms with Gasteiger partial charge in [-0.3, -0.25) is 4.90 Å². The number of morpholine rings is 1. The van der Waals surface area contributed by atoms with Gasteiger partial charge in [-0.25, -0.2) is 14.4 Å². The zero-order valence-electron chi connectivity index (χ0n) is 16.8. The van der Waals surface area contributed by atoms with Crippen LogP contribution in [-0.2, 0) is 19.0 Å². The Morgan fingerprint density at radius 2 is 1.48 bits per heavy atom. The molecule has 2 N–H and O–H groups in total. The summed E-state index contributed by atoms with van der Waals surface area (Å²) in [6, 6.07) is -1.03. The number of piperidine rings is 1. The predicted octanol–water partition coefficient (Wildman–Crippen LogP) is 2.13. The molecule has 9 nitrogen and oxygen atoms in total. The van der Waals surface area contributed by atoms with Gasteiger partial charge < -0.3 is 24.6 Å². The number of nitrogens with zero attached hydrogens (tertiary/aromatic N) is 1. The lowest BCUT2D eigenvalue weighted by Crippen LogP contribution is -2.70. The number of hydrogen-bond acceptors (Lipinski definition) is 6. The van der Waals surface area contributed by atoms with Gasteiger partial charge in [0, 0.05) is 12.8 Å². The zero-order valence-corrected chi connectivity index (χ0v) is 16.8. The number of carbonyl (C=O) groups is 3. The average molecular weight is 386 g/mol. The first-order chi connectivity index (χ1) is 12.2. The van der Waals surface area contributed by atoms with Crippen LogP contribution in [0.4, 0.5) is 9.59 Å². The molecule has 2 aliphatic rings. The van der Waals surface area contributed by atoms with Crippen LogP contribution in [0.15, 0.2) is 0 Å². The standard InChI is InChI=1S/C18H30N2O7/c1-16(2,3)26-14(23)19-18(13(21)22)7-11-9-25-10-12(8-18)20(11)15(24)27-17(4,5)6/h11-12H,7-10H2,1-6H3,(H,19,23)(H,21,22). The van der Waals surface area contributed by atoms with Crippen molar-refractivity contribution in [3.63, 3.8) is 0 Å². The van der Waals surface area contributed by atoms with Crippen molar-refractivity contribution in [2.24, 2.45) is 0 Å². The fraction of sp³-hybridized carbons (Fsp3) is 0.833. The Hall–Kier alpha value is -2.03. The summed E-state index contributed by atoms with van der Waals surface area (Å²) in [4.78, 5) is 38.4. The number of alkyl carbamates (subject to hydrolysis) is 1. The third kappa shape index (κ3) is 5.24. The lowest BCUT2D eigenvalue weighted by Gasteiger charge is -2.51. The second kappa shape index (κ2) is 7.18. The minimum atomic E-state index is -1.53. The van der Waals surface area contributed by atoms with Crippen LogP contribution in [0.5, 0.6) is 0 Å². The minimum Gasteiger partial charge on any atom is -0.480 e. The molecule has 2 unspecified atom stereocenters. The fourth-order valence-electron chi connectivity index (χ4n) is 3.44. The SMILES string of the molecule is CC(C)(C)OC(=O)NC1(C(=O)O)CC2COCC(C1)N2C(=O)OC(C)(C)C. The Morgan fingerprint density at radius 3 is 1.89 bits per heavy atom. The van der Waals surface area contributed by atoms with Gasteiger partial charge in [0.1, 0.15) is 16.7 Å². The van der Waals surface area contributed by atoms with Crippen LogP contribution in [0.2, 0.25) is 0 Å². The molecule has 27 heavy (non-hydrogen) atoms. The van der Waals surface area contributed by atoms with Crippen LogP contribution in [0.3, 0.4) is 0 Å². The van der Waals surface area contributed by atoms with E-state index in [-0.39, 0.29) is 26.1 Å². The second-order valence-corrected chi connectivity index (χ2v) is 9.16. The van der Waals surface area contributed by atoms with Gasteiger partial charge in [0.05, 0.1) is 25.3 Å². The van der Waals surface area contributed by atoms with E-state index in [9.17, 15) is 19.5 Å². The summed E-state index contributed by atoms with van der Waals surface area (Å²) in [7, 11) is 0. The van der Waals surface area contributed by atoms with E-state index in [1.54, 1.807) is 46.4 Å². The fourth-order valence-corrected chi connectivity index (χ4v) is 3.44. The van der Waals surface area contributed by atoms with Gasteiger partial charge in [-0.15, -0.1) is 0 Å². The van der Waals surface area contributed by atoms with Crippen LogP contribution >= 0.6 is 0 Å². The Balaban J connectivity index is 2.21. The van der Waals surface area contributed by atoms with Crippen LogP contribution in [0, 0.1) is 0 Å². The third-order valence-electron chi connectivity index (χ3n) is 4.33. The lowest BCUT2D eigenvalue weighted by atomic mass is 9.78. The summed E-state index contributed by atoms with van der Waals surface area (Å²) < 4.78 is 16.2. The highest BCUT2D eigenvalue weighted by molar-refractivity contribution is 5.85. The van der Waals surface area contributed by atoms with E-state index in [0.717, 1.165) is 0 Å². The first kappa shape index (κ1) is 21.3. The molecule has 2 atom stereocenters. The highest BCUT2D eigenvalue weighted by Crippen LogP contribution is 2.36. The maximum atomic E-state index is 12.6. The molecule has 0 aromatic carbocycles. The molecule has 2 saturated heterocycles. The van der Waals surface area contributed by atoms with Crippen LogP contribution in [0.25, 0.3) is 0 Å². The summed E-state index contributed by atoms with van der Waals surface area (Å²) in [6.45, 7) is 10.8. The van der Waals surface area contributed by atoms with Crippen molar-refractivity contribution < 1.29 is 33.7 Å². The summed E-state index contributed by atoms with van der Waals surface area (Å²) in [5.41, 5.74) is -2.94.